The summed E-state index contributed by atoms with van der Waals surface area (Å²) in [5.74, 6) is 0.300. The molecule has 0 saturated heterocycles. The molecule has 0 heterocycles. The Balaban J connectivity index is 2.83. The number of aliphatic hydroxyl groups excluding tert-OH is 1. The van der Waals surface area contributed by atoms with Gasteiger partial charge in [-0.1, -0.05) is 38.1 Å². The van der Waals surface area contributed by atoms with Crippen LogP contribution in [0.5, 0.6) is 0 Å². The van der Waals surface area contributed by atoms with Gasteiger partial charge in [-0.2, -0.15) is 0 Å². The van der Waals surface area contributed by atoms with Crippen molar-refractivity contribution >= 4 is 5.78 Å². The van der Waals surface area contributed by atoms with E-state index in [2.05, 4.69) is 13.8 Å². The van der Waals surface area contributed by atoms with Gasteiger partial charge in [-0.15, -0.1) is 0 Å². The minimum Gasteiger partial charge on any atom is -0.388 e. The predicted octanol–water partition coefficient (Wildman–Crippen LogP) is 2.38. The maximum Gasteiger partial charge on any atom is 0.188 e. The van der Waals surface area contributed by atoms with Crippen molar-refractivity contribution in [2.24, 2.45) is 0 Å². The average molecular weight is 192 g/mol. The zero-order valence-electron chi connectivity index (χ0n) is 8.66. The van der Waals surface area contributed by atoms with Gasteiger partial charge in [-0.25, -0.2) is 0 Å². The first-order chi connectivity index (χ1) is 6.69. The van der Waals surface area contributed by atoms with Crippen LogP contribution in [0.4, 0.5) is 0 Å². The number of carbonyl (C=O) groups excluding carboxylic acids is 1. The van der Waals surface area contributed by atoms with Gasteiger partial charge in [-0.05, 0) is 17.9 Å². The normalized spacial score (nSPS) is 12.5. The Hall–Kier alpha value is -1.15. The SMILES string of the molecule is CCC(C)c1ccc(C(=O)CO)cc1. The third-order valence-corrected chi connectivity index (χ3v) is 2.56. The lowest BCUT2D eigenvalue weighted by Gasteiger charge is -2.08. The topological polar surface area (TPSA) is 37.3 Å². The number of carbonyl (C=O) groups is 1. The van der Waals surface area contributed by atoms with Gasteiger partial charge in [0.15, 0.2) is 5.78 Å². The number of Topliss-reactive ketones (excluding diaryl/α,β-unsaturated/α-hetero) is 1. The Kier molecular flexibility index (Phi) is 3.84. The van der Waals surface area contributed by atoms with Crippen molar-refractivity contribution in [1.29, 1.82) is 0 Å². The van der Waals surface area contributed by atoms with Gasteiger partial charge in [0.2, 0.25) is 0 Å². The maximum atomic E-state index is 11.1. The molecule has 2 heteroatoms. The van der Waals surface area contributed by atoms with Crippen LogP contribution >= 0.6 is 0 Å². The quantitative estimate of drug-likeness (QED) is 0.744. The van der Waals surface area contributed by atoms with Gasteiger partial charge in [0.1, 0.15) is 6.61 Å². The summed E-state index contributed by atoms with van der Waals surface area (Å²) in [6.07, 6.45) is 1.09. The first kappa shape index (κ1) is 10.9. The summed E-state index contributed by atoms with van der Waals surface area (Å²) in [6, 6.07) is 7.47. The van der Waals surface area contributed by atoms with Crippen molar-refractivity contribution in [3.8, 4) is 0 Å². The average Bonchev–Trinajstić information content (AvgIpc) is 2.27. The summed E-state index contributed by atoms with van der Waals surface area (Å²) >= 11 is 0. The highest BCUT2D eigenvalue weighted by Crippen LogP contribution is 2.18. The molecule has 0 aliphatic heterocycles. The highest BCUT2D eigenvalue weighted by atomic mass is 16.3. The molecule has 0 radical (unpaired) electrons. The van der Waals surface area contributed by atoms with E-state index < -0.39 is 6.61 Å². The molecule has 1 N–H and O–H groups in total. The van der Waals surface area contributed by atoms with E-state index in [1.165, 1.54) is 5.56 Å². The zero-order valence-corrected chi connectivity index (χ0v) is 8.66. The fourth-order valence-corrected chi connectivity index (χ4v) is 1.32. The molecule has 1 rings (SSSR count). The molecule has 2 nitrogen and oxygen atoms in total. The minimum absolute atomic E-state index is 0.222. The highest BCUT2D eigenvalue weighted by molar-refractivity contribution is 5.96. The van der Waals surface area contributed by atoms with Crippen LogP contribution in [0, 0.1) is 0 Å². The summed E-state index contributed by atoms with van der Waals surface area (Å²) in [5, 5.41) is 8.66. The molecule has 0 amide bonds. The van der Waals surface area contributed by atoms with Crippen molar-refractivity contribution < 1.29 is 9.90 Å². The van der Waals surface area contributed by atoms with E-state index in [4.69, 9.17) is 5.11 Å². The van der Waals surface area contributed by atoms with Crippen LogP contribution in [0.2, 0.25) is 0 Å². The third kappa shape index (κ3) is 2.42. The summed E-state index contributed by atoms with van der Waals surface area (Å²) in [4.78, 5) is 11.1. The Morgan fingerprint density at radius 3 is 2.36 bits per heavy atom. The van der Waals surface area contributed by atoms with Crippen molar-refractivity contribution in [3.05, 3.63) is 35.4 Å². The second kappa shape index (κ2) is 4.91. The molecule has 0 aromatic heterocycles. The van der Waals surface area contributed by atoms with E-state index in [1.807, 2.05) is 12.1 Å². The Bertz CT molecular complexity index is 301. The van der Waals surface area contributed by atoms with Crippen LogP contribution in [-0.4, -0.2) is 17.5 Å². The van der Waals surface area contributed by atoms with Crippen LogP contribution in [0.3, 0.4) is 0 Å². The fraction of sp³-hybridized carbons (Fsp3) is 0.417. The van der Waals surface area contributed by atoms with Crippen LogP contribution < -0.4 is 0 Å². The van der Waals surface area contributed by atoms with Crippen molar-refractivity contribution in [3.63, 3.8) is 0 Å². The molecule has 0 aliphatic rings. The monoisotopic (exact) mass is 192 g/mol. The van der Waals surface area contributed by atoms with Crippen LogP contribution in [0.25, 0.3) is 0 Å². The fourth-order valence-electron chi connectivity index (χ4n) is 1.32. The van der Waals surface area contributed by atoms with Gasteiger partial charge >= 0.3 is 0 Å². The molecule has 0 aliphatic carbocycles. The molecule has 1 aromatic carbocycles. The second-order valence-electron chi connectivity index (χ2n) is 3.51. The Morgan fingerprint density at radius 1 is 1.36 bits per heavy atom. The van der Waals surface area contributed by atoms with E-state index in [0.717, 1.165) is 6.42 Å². The first-order valence-electron chi connectivity index (χ1n) is 4.93. The lowest BCUT2D eigenvalue weighted by atomic mass is 9.97. The van der Waals surface area contributed by atoms with Crippen LogP contribution in [0.1, 0.15) is 42.1 Å². The van der Waals surface area contributed by atoms with Crippen molar-refractivity contribution in [1.82, 2.24) is 0 Å². The lowest BCUT2D eigenvalue weighted by Crippen LogP contribution is -2.04. The minimum atomic E-state index is -0.414. The van der Waals surface area contributed by atoms with Gasteiger partial charge in [0, 0.05) is 5.56 Å². The second-order valence-corrected chi connectivity index (χ2v) is 3.51. The number of aliphatic hydroxyl groups is 1. The van der Waals surface area contributed by atoms with E-state index in [1.54, 1.807) is 12.1 Å². The predicted molar refractivity (Wildman–Crippen MR) is 56.6 cm³/mol. The first-order valence-corrected chi connectivity index (χ1v) is 4.93. The summed E-state index contributed by atoms with van der Waals surface area (Å²) in [5.41, 5.74) is 1.82. The maximum absolute atomic E-state index is 11.1. The smallest absolute Gasteiger partial charge is 0.188 e. The van der Waals surface area contributed by atoms with Crippen molar-refractivity contribution in [2.75, 3.05) is 6.61 Å². The summed E-state index contributed by atoms with van der Waals surface area (Å²) < 4.78 is 0. The molecule has 0 fully saturated rings. The standard InChI is InChI=1S/C12H16O2/c1-3-9(2)10-4-6-11(7-5-10)12(14)8-13/h4-7,9,13H,3,8H2,1-2H3. The van der Waals surface area contributed by atoms with Crippen LogP contribution in [-0.2, 0) is 0 Å². The van der Waals surface area contributed by atoms with E-state index in [9.17, 15) is 4.79 Å². The molecular weight excluding hydrogens is 176 g/mol. The molecule has 1 aromatic rings. The van der Waals surface area contributed by atoms with Gasteiger partial charge < -0.3 is 5.11 Å². The molecule has 0 bridgehead atoms. The molecule has 14 heavy (non-hydrogen) atoms. The Morgan fingerprint density at radius 2 is 1.93 bits per heavy atom. The number of hydrogen-bond acceptors (Lipinski definition) is 2. The van der Waals surface area contributed by atoms with Crippen molar-refractivity contribution in [2.45, 2.75) is 26.2 Å². The molecule has 1 unspecified atom stereocenters. The number of rotatable bonds is 4. The lowest BCUT2D eigenvalue weighted by molar-refractivity contribution is 0.0903. The molecule has 0 saturated carbocycles. The highest BCUT2D eigenvalue weighted by Gasteiger charge is 2.05. The van der Waals surface area contributed by atoms with Crippen LogP contribution in [0.15, 0.2) is 24.3 Å². The molecule has 0 spiro atoms. The van der Waals surface area contributed by atoms with Gasteiger partial charge in [-0.3, -0.25) is 4.79 Å². The van der Waals surface area contributed by atoms with E-state index in [-0.39, 0.29) is 5.78 Å². The molecule has 76 valence electrons. The number of ketones is 1. The third-order valence-electron chi connectivity index (χ3n) is 2.56. The molecular formula is C12H16O2. The van der Waals surface area contributed by atoms with E-state index >= 15 is 0 Å². The summed E-state index contributed by atoms with van der Waals surface area (Å²) in [7, 11) is 0. The summed E-state index contributed by atoms with van der Waals surface area (Å²) in [6.45, 7) is 3.88. The molecule has 1 atom stereocenters. The zero-order chi connectivity index (χ0) is 10.6. The largest absolute Gasteiger partial charge is 0.388 e. The van der Waals surface area contributed by atoms with Gasteiger partial charge in [0.05, 0.1) is 0 Å². The van der Waals surface area contributed by atoms with E-state index in [0.29, 0.717) is 11.5 Å². The Labute approximate surface area is 84.6 Å². The van der Waals surface area contributed by atoms with Gasteiger partial charge in [0.25, 0.3) is 0 Å². The number of hydrogen-bond donors (Lipinski definition) is 1. The number of benzene rings is 1.